The Bertz CT molecular complexity index is 839. The van der Waals surface area contributed by atoms with Crippen molar-refractivity contribution in [2.75, 3.05) is 5.32 Å². The molecule has 1 unspecified atom stereocenters. The number of hydrogen-bond donors (Lipinski definition) is 1. The quantitative estimate of drug-likeness (QED) is 0.811. The molecule has 1 N–H and O–H groups in total. The van der Waals surface area contributed by atoms with Crippen molar-refractivity contribution < 1.29 is 13.2 Å². The molecule has 0 heterocycles. The maximum atomic E-state index is 12.6. The predicted octanol–water partition coefficient (Wildman–Crippen LogP) is 4.54. The average molecular weight is 372 g/mol. The molecule has 138 valence electrons. The molecule has 0 radical (unpaired) electrons. The van der Waals surface area contributed by atoms with Gasteiger partial charge in [-0.1, -0.05) is 50.1 Å². The van der Waals surface area contributed by atoms with Crippen LogP contribution >= 0.6 is 0 Å². The second-order valence-electron chi connectivity index (χ2n) is 6.84. The Morgan fingerprint density at radius 1 is 1.04 bits per heavy atom. The molecule has 1 atom stereocenters. The minimum atomic E-state index is -3.26. The van der Waals surface area contributed by atoms with E-state index in [1.165, 1.54) is 0 Å². The summed E-state index contributed by atoms with van der Waals surface area (Å²) in [6.07, 6.45) is 4.15. The smallest absolute Gasteiger partial charge is 0.231 e. The maximum absolute atomic E-state index is 12.6. The third-order valence-corrected chi connectivity index (χ3v) is 7.40. The number of amides is 1. The Hall–Kier alpha value is -2.14. The van der Waals surface area contributed by atoms with Gasteiger partial charge in [0.25, 0.3) is 0 Å². The molecule has 3 rings (SSSR count). The summed E-state index contributed by atoms with van der Waals surface area (Å²) >= 11 is 0. The van der Waals surface area contributed by atoms with Gasteiger partial charge in [-0.05, 0) is 49.1 Å². The summed E-state index contributed by atoms with van der Waals surface area (Å²) in [5.74, 6) is -0.303. The number of rotatable bonds is 6. The largest absolute Gasteiger partial charge is 0.326 e. The molecule has 4 nitrogen and oxygen atoms in total. The van der Waals surface area contributed by atoms with Crippen molar-refractivity contribution in [3.63, 3.8) is 0 Å². The summed E-state index contributed by atoms with van der Waals surface area (Å²) in [4.78, 5) is 13.0. The van der Waals surface area contributed by atoms with Gasteiger partial charge in [0.15, 0.2) is 9.84 Å². The summed E-state index contributed by atoms with van der Waals surface area (Å²) in [6, 6.07) is 16.2. The van der Waals surface area contributed by atoms with Crippen LogP contribution in [0.4, 0.5) is 5.69 Å². The second-order valence-corrected chi connectivity index (χ2v) is 9.06. The fourth-order valence-corrected chi connectivity index (χ4v) is 5.46. The lowest BCUT2D eigenvalue weighted by molar-refractivity contribution is -0.117. The number of carbonyl (C=O) groups excluding carboxylic acids is 1. The van der Waals surface area contributed by atoms with Gasteiger partial charge in [0.1, 0.15) is 0 Å². The molecule has 26 heavy (non-hydrogen) atoms. The Morgan fingerprint density at radius 2 is 1.65 bits per heavy atom. The number of nitrogens with one attached hydrogen (secondary N) is 1. The van der Waals surface area contributed by atoms with E-state index in [4.69, 9.17) is 0 Å². The zero-order chi connectivity index (χ0) is 18.6. The van der Waals surface area contributed by atoms with Crippen LogP contribution < -0.4 is 5.32 Å². The van der Waals surface area contributed by atoms with Crippen molar-refractivity contribution in [3.8, 4) is 0 Å². The van der Waals surface area contributed by atoms with Crippen molar-refractivity contribution in [1.82, 2.24) is 0 Å². The number of anilines is 1. The van der Waals surface area contributed by atoms with Crippen molar-refractivity contribution in [3.05, 3.63) is 60.2 Å². The first-order valence-corrected chi connectivity index (χ1v) is 10.8. The Labute approximate surface area is 155 Å². The molecule has 0 bridgehead atoms. The molecule has 2 aromatic carbocycles. The lowest BCUT2D eigenvalue weighted by atomic mass is 9.95. The van der Waals surface area contributed by atoms with Gasteiger partial charge in [-0.2, -0.15) is 0 Å². The predicted molar refractivity (Wildman–Crippen MR) is 104 cm³/mol. The van der Waals surface area contributed by atoms with E-state index in [2.05, 4.69) is 5.32 Å². The summed E-state index contributed by atoms with van der Waals surface area (Å²) < 4.78 is 25.2. The number of hydrogen-bond acceptors (Lipinski definition) is 3. The highest BCUT2D eigenvalue weighted by Crippen LogP contribution is 2.30. The van der Waals surface area contributed by atoms with Crippen LogP contribution in [0.15, 0.2) is 59.5 Å². The molecule has 1 aliphatic carbocycles. The summed E-state index contributed by atoms with van der Waals surface area (Å²) in [5.41, 5.74) is 1.60. The molecular formula is C21H25NO3S. The first-order chi connectivity index (χ1) is 12.5. The highest BCUT2D eigenvalue weighted by molar-refractivity contribution is 7.92. The van der Waals surface area contributed by atoms with Crippen LogP contribution in [0, 0.1) is 0 Å². The first kappa shape index (κ1) is 18.6. The van der Waals surface area contributed by atoms with Gasteiger partial charge in [0, 0.05) is 5.69 Å². The second kappa shape index (κ2) is 8.04. The van der Waals surface area contributed by atoms with Gasteiger partial charge < -0.3 is 5.32 Å². The number of benzene rings is 2. The molecule has 2 aromatic rings. The topological polar surface area (TPSA) is 63.2 Å². The standard InChI is InChI=1S/C21H25NO3S/c1-2-20(16-8-4-3-5-9-16)21(23)22-17-12-14-19(15-13-17)26(24,25)18-10-6-7-11-18/h3-5,8-9,12-15,18,20H,2,6-7,10-11H2,1H3,(H,22,23). The molecule has 1 amide bonds. The highest BCUT2D eigenvalue weighted by Gasteiger charge is 2.30. The third-order valence-electron chi connectivity index (χ3n) is 5.12. The van der Waals surface area contributed by atoms with E-state index in [1.54, 1.807) is 24.3 Å². The number of carbonyl (C=O) groups is 1. The lowest BCUT2D eigenvalue weighted by Gasteiger charge is -2.16. The average Bonchev–Trinajstić information content (AvgIpc) is 3.19. The molecular weight excluding hydrogens is 346 g/mol. The van der Waals surface area contributed by atoms with Crippen LogP contribution in [0.5, 0.6) is 0 Å². The molecule has 1 fully saturated rings. The minimum Gasteiger partial charge on any atom is -0.326 e. The van der Waals surface area contributed by atoms with Crippen molar-refractivity contribution in [1.29, 1.82) is 0 Å². The highest BCUT2D eigenvalue weighted by atomic mass is 32.2. The summed E-state index contributed by atoms with van der Waals surface area (Å²) in [6.45, 7) is 1.98. The van der Waals surface area contributed by atoms with E-state index in [0.29, 0.717) is 17.0 Å². The van der Waals surface area contributed by atoms with E-state index in [9.17, 15) is 13.2 Å². The molecule has 0 aromatic heterocycles. The summed E-state index contributed by atoms with van der Waals surface area (Å²) in [5, 5.41) is 2.65. The Balaban J connectivity index is 1.72. The van der Waals surface area contributed by atoms with Crippen LogP contribution in [-0.4, -0.2) is 19.6 Å². The van der Waals surface area contributed by atoms with Crippen LogP contribution in [0.2, 0.25) is 0 Å². The van der Waals surface area contributed by atoms with Crippen LogP contribution in [0.3, 0.4) is 0 Å². The molecule has 5 heteroatoms. The van der Waals surface area contributed by atoms with Crippen LogP contribution in [0.25, 0.3) is 0 Å². The fraction of sp³-hybridized carbons (Fsp3) is 0.381. The first-order valence-electron chi connectivity index (χ1n) is 9.22. The molecule has 0 spiro atoms. The zero-order valence-corrected chi connectivity index (χ0v) is 15.8. The third kappa shape index (κ3) is 3.98. The zero-order valence-electron chi connectivity index (χ0n) is 15.0. The van der Waals surface area contributed by atoms with Gasteiger partial charge in [0.05, 0.1) is 16.1 Å². The van der Waals surface area contributed by atoms with Crippen molar-refractivity contribution in [2.24, 2.45) is 0 Å². The van der Waals surface area contributed by atoms with Gasteiger partial charge in [-0.25, -0.2) is 8.42 Å². The maximum Gasteiger partial charge on any atom is 0.231 e. The van der Waals surface area contributed by atoms with Crippen molar-refractivity contribution >= 4 is 21.4 Å². The van der Waals surface area contributed by atoms with Gasteiger partial charge in [-0.15, -0.1) is 0 Å². The van der Waals surface area contributed by atoms with E-state index in [1.807, 2.05) is 37.3 Å². The lowest BCUT2D eigenvalue weighted by Crippen LogP contribution is -2.21. The van der Waals surface area contributed by atoms with E-state index in [0.717, 1.165) is 31.2 Å². The van der Waals surface area contributed by atoms with Gasteiger partial charge in [-0.3, -0.25) is 4.79 Å². The van der Waals surface area contributed by atoms with Gasteiger partial charge >= 0.3 is 0 Å². The molecule has 0 saturated heterocycles. The normalized spacial score (nSPS) is 16.3. The molecule has 1 saturated carbocycles. The fourth-order valence-electron chi connectivity index (χ4n) is 3.61. The Kier molecular flexibility index (Phi) is 5.77. The summed E-state index contributed by atoms with van der Waals surface area (Å²) in [7, 11) is -3.26. The van der Waals surface area contributed by atoms with E-state index >= 15 is 0 Å². The number of sulfone groups is 1. The minimum absolute atomic E-state index is 0.0786. The van der Waals surface area contributed by atoms with Crippen LogP contribution in [-0.2, 0) is 14.6 Å². The van der Waals surface area contributed by atoms with E-state index in [-0.39, 0.29) is 17.1 Å². The molecule has 0 aliphatic heterocycles. The Morgan fingerprint density at radius 3 is 2.23 bits per heavy atom. The molecule has 1 aliphatic rings. The van der Waals surface area contributed by atoms with Gasteiger partial charge in [0.2, 0.25) is 5.91 Å². The van der Waals surface area contributed by atoms with E-state index < -0.39 is 9.84 Å². The SMILES string of the molecule is CCC(C(=O)Nc1ccc(S(=O)(=O)C2CCCC2)cc1)c1ccccc1. The van der Waals surface area contributed by atoms with Crippen LogP contribution in [0.1, 0.15) is 50.5 Å². The monoisotopic (exact) mass is 371 g/mol. The van der Waals surface area contributed by atoms with Crippen molar-refractivity contribution in [2.45, 2.75) is 55.1 Å².